The first kappa shape index (κ1) is 20.8. The summed E-state index contributed by atoms with van der Waals surface area (Å²) in [5, 5.41) is 17.3. The van der Waals surface area contributed by atoms with Crippen molar-refractivity contribution in [2.45, 2.75) is 33.7 Å². The molecule has 0 aliphatic rings. The minimum Gasteiger partial charge on any atom is -0.349 e. The van der Waals surface area contributed by atoms with Gasteiger partial charge in [0.05, 0.1) is 0 Å². The van der Waals surface area contributed by atoms with Gasteiger partial charge >= 0.3 is 6.03 Å². The number of hydrogen-bond donors (Lipinski definition) is 3. The van der Waals surface area contributed by atoms with Crippen molar-refractivity contribution >= 4 is 29.4 Å². The number of urea groups is 1. The summed E-state index contributed by atoms with van der Waals surface area (Å²) in [6.45, 7) is 6.99. The fourth-order valence-electron chi connectivity index (χ4n) is 2.91. The van der Waals surface area contributed by atoms with Gasteiger partial charge in [0.25, 0.3) is 5.91 Å². The second kappa shape index (κ2) is 9.42. The maximum Gasteiger partial charge on any atom is 0.318 e. The van der Waals surface area contributed by atoms with Crippen LogP contribution in [0.1, 0.15) is 30.3 Å². The third-order valence-electron chi connectivity index (χ3n) is 4.33. The van der Waals surface area contributed by atoms with Crippen molar-refractivity contribution in [3.63, 3.8) is 0 Å². The molecule has 1 heterocycles. The number of carbonyl (C=O) groups excluding carboxylic acids is 2. The summed E-state index contributed by atoms with van der Waals surface area (Å²) in [6.07, 6.45) is 2.61. The van der Waals surface area contributed by atoms with Crippen LogP contribution in [-0.2, 0) is 11.3 Å². The molecule has 0 spiro atoms. The monoisotopic (exact) mass is 379 g/mol. The van der Waals surface area contributed by atoms with Gasteiger partial charge in [-0.1, -0.05) is 13.0 Å². The van der Waals surface area contributed by atoms with Crippen molar-refractivity contribution in [2.24, 2.45) is 0 Å². The van der Waals surface area contributed by atoms with Crippen molar-refractivity contribution in [1.29, 1.82) is 5.26 Å². The van der Waals surface area contributed by atoms with Crippen molar-refractivity contribution in [3.8, 4) is 6.07 Å². The predicted molar refractivity (Wildman–Crippen MR) is 111 cm³/mol. The highest BCUT2D eigenvalue weighted by atomic mass is 16.2. The Morgan fingerprint density at radius 2 is 1.86 bits per heavy atom. The molecule has 0 bridgehead atoms. The normalized spacial score (nSPS) is 10.9. The number of aromatic nitrogens is 1. The lowest BCUT2D eigenvalue weighted by molar-refractivity contribution is -0.112. The summed E-state index contributed by atoms with van der Waals surface area (Å²) in [5.41, 5.74) is 4.00. The SMILES string of the molecule is CCCn1c(C)cc(/C=C(\C#N)C(=O)Nc2cccc(NC(=O)NC)c2)c1C. The number of carbonyl (C=O) groups is 2. The Morgan fingerprint density at radius 3 is 2.46 bits per heavy atom. The van der Waals surface area contributed by atoms with E-state index in [1.165, 1.54) is 7.05 Å². The number of nitrogens with zero attached hydrogens (tertiary/aromatic N) is 2. The molecule has 2 rings (SSSR count). The molecule has 0 aliphatic carbocycles. The lowest BCUT2D eigenvalue weighted by atomic mass is 10.1. The van der Waals surface area contributed by atoms with E-state index >= 15 is 0 Å². The number of rotatable bonds is 6. The summed E-state index contributed by atoms with van der Waals surface area (Å²) in [5.74, 6) is -0.500. The fraction of sp³-hybridized carbons (Fsp3) is 0.286. The van der Waals surface area contributed by atoms with Crippen molar-refractivity contribution < 1.29 is 9.59 Å². The van der Waals surface area contributed by atoms with Crippen LogP contribution in [0.4, 0.5) is 16.2 Å². The molecule has 28 heavy (non-hydrogen) atoms. The Morgan fingerprint density at radius 1 is 1.18 bits per heavy atom. The van der Waals surface area contributed by atoms with E-state index in [4.69, 9.17) is 0 Å². The quantitative estimate of drug-likeness (QED) is 0.526. The molecule has 0 aliphatic heterocycles. The third-order valence-corrected chi connectivity index (χ3v) is 4.33. The van der Waals surface area contributed by atoms with Gasteiger partial charge in [0.2, 0.25) is 0 Å². The molecular formula is C21H25N5O2. The van der Waals surface area contributed by atoms with E-state index in [-0.39, 0.29) is 11.6 Å². The van der Waals surface area contributed by atoms with Crippen LogP contribution in [0.15, 0.2) is 35.9 Å². The zero-order chi connectivity index (χ0) is 20.7. The van der Waals surface area contributed by atoms with Gasteiger partial charge in [-0.15, -0.1) is 0 Å². The molecule has 7 heteroatoms. The second-order valence-corrected chi connectivity index (χ2v) is 6.39. The van der Waals surface area contributed by atoms with Crippen LogP contribution in [0.25, 0.3) is 6.08 Å². The molecule has 0 unspecified atom stereocenters. The molecule has 0 atom stereocenters. The lowest BCUT2D eigenvalue weighted by Gasteiger charge is -2.08. The third kappa shape index (κ3) is 5.01. The molecule has 146 valence electrons. The molecular weight excluding hydrogens is 354 g/mol. The second-order valence-electron chi connectivity index (χ2n) is 6.39. The Labute approximate surface area is 165 Å². The van der Waals surface area contributed by atoms with Gasteiger partial charge in [-0.2, -0.15) is 5.26 Å². The summed E-state index contributed by atoms with van der Waals surface area (Å²) >= 11 is 0. The molecule has 7 nitrogen and oxygen atoms in total. The van der Waals surface area contributed by atoms with E-state index in [1.807, 2.05) is 26.0 Å². The van der Waals surface area contributed by atoms with Crippen molar-refractivity contribution in [1.82, 2.24) is 9.88 Å². The van der Waals surface area contributed by atoms with E-state index < -0.39 is 5.91 Å². The van der Waals surface area contributed by atoms with Gasteiger partial charge in [-0.25, -0.2) is 4.79 Å². The van der Waals surface area contributed by atoms with Crippen molar-refractivity contribution in [3.05, 3.63) is 52.9 Å². The number of aryl methyl sites for hydroxylation is 1. The van der Waals surface area contributed by atoms with E-state index in [0.29, 0.717) is 11.4 Å². The Balaban J connectivity index is 2.22. The van der Waals surface area contributed by atoms with Crippen molar-refractivity contribution in [2.75, 3.05) is 17.7 Å². The molecule has 0 saturated heterocycles. The molecule has 0 radical (unpaired) electrons. The van der Waals surface area contributed by atoms with Gasteiger partial charge in [0, 0.05) is 36.4 Å². The van der Waals surface area contributed by atoms with Crippen LogP contribution < -0.4 is 16.0 Å². The van der Waals surface area contributed by atoms with Crippen LogP contribution in [-0.4, -0.2) is 23.6 Å². The molecule has 3 N–H and O–H groups in total. The Kier molecular flexibility index (Phi) is 6.99. The maximum atomic E-state index is 12.6. The molecule has 1 aromatic carbocycles. The lowest BCUT2D eigenvalue weighted by Crippen LogP contribution is -2.24. The first-order chi connectivity index (χ1) is 13.4. The minimum atomic E-state index is -0.500. The van der Waals surface area contributed by atoms with Crippen LogP contribution in [0, 0.1) is 25.2 Å². The summed E-state index contributed by atoms with van der Waals surface area (Å²) in [4.78, 5) is 24.0. The van der Waals surface area contributed by atoms with E-state index in [0.717, 1.165) is 29.9 Å². The minimum absolute atomic E-state index is 0.0152. The number of amides is 3. The number of nitriles is 1. The van der Waals surface area contributed by atoms with Gasteiger partial charge in [-0.05, 0) is 56.2 Å². The first-order valence-electron chi connectivity index (χ1n) is 9.08. The number of nitrogens with one attached hydrogen (secondary N) is 3. The summed E-state index contributed by atoms with van der Waals surface area (Å²) in [6, 6.07) is 10.3. The van der Waals surface area contributed by atoms with Gasteiger partial charge in [0.15, 0.2) is 0 Å². The van der Waals surface area contributed by atoms with Crippen LogP contribution in [0.3, 0.4) is 0 Å². The molecule has 0 saturated carbocycles. The van der Waals surface area contributed by atoms with E-state index in [1.54, 1.807) is 30.3 Å². The average molecular weight is 379 g/mol. The van der Waals surface area contributed by atoms with E-state index in [2.05, 4.69) is 27.4 Å². The topological polar surface area (TPSA) is 98.9 Å². The standard InChI is InChI=1S/C21H25N5O2/c1-5-9-26-14(2)10-16(15(26)3)11-17(13-22)20(27)24-18-7-6-8-19(12-18)25-21(28)23-4/h6-8,10-12H,5,9H2,1-4H3,(H,24,27)(H2,23,25,28)/b17-11+. The Hall–Kier alpha value is -3.53. The summed E-state index contributed by atoms with van der Waals surface area (Å²) in [7, 11) is 1.52. The highest BCUT2D eigenvalue weighted by Gasteiger charge is 2.13. The van der Waals surface area contributed by atoms with Gasteiger partial charge in [-0.3, -0.25) is 4.79 Å². The molecule has 0 fully saturated rings. The zero-order valence-electron chi connectivity index (χ0n) is 16.6. The van der Waals surface area contributed by atoms with E-state index in [9.17, 15) is 14.9 Å². The maximum absolute atomic E-state index is 12.6. The highest BCUT2D eigenvalue weighted by molar-refractivity contribution is 6.10. The molecule has 1 aromatic heterocycles. The average Bonchev–Trinajstić information content (AvgIpc) is 2.93. The predicted octanol–water partition coefficient (Wildman–Crippen LogP) is 3.81. The number of anilines is 2. The van der Waals surface area contributed by atoms with Crippen LogP contribution in [0.5, 0.6) is 0 Å². The van der Waals surface area contributed by atoms with Crippen LogP contribution in [0.2, 0.25) is 0 Å². The van der Waals surface area contributed by atoms with Gasteiger partial charge in [0.1, 0.15) is 11.6 Å². The molecule has 2 aromatic rings. The van der Waals surface area contributed by atoms with Crippen LogP contribution >= 0.6 is 0 Å². The number of benzene rings is 1. The fourth-order valence-corrected chi connectivity index (χ4v) is 2.91. The van der Waals surface area contributed by atoms with Gasteiger partial charge < -0.3 is 20.5 Å². The smallest absolute Gasteiger partial charge is 0.318 e. The summed E-state index contributed by atoms with van der Waals surface area (Å²) < 4.78 is 2.17. The molecule has 3 amide bonds. The zero-order valence-corrected chi connectivity index (χ0v) is 16.6. The number of hydrogen-bond acceptors (Lipinski definition) is 3. The first-order valence-corrected chi connectivity index (χ1v) is 9.08. The Bertz CT molecular complexity index is 950. The largest absolute Gasteiger partial charge is 0.349 e. The highest BCUT2D eigenvalue weighted by Crippen LogP contribution is 2.20.